The first-order valence-corrected chi connectivity index (χ1v) is 9.20. The SMILES string of the molecule is COC(=O)c1cccc(NC(=O)C(=O)N2CCN(c3ccccc3OC)CC2)c1. The number of carbonyl (C=O) groups is 3. The fraction of sp³-hybridized carbons (Fsp3) is 0.286. The number of hydrogen-bond acceptors (Lipinski definition) is 6. The van der Waals surface area contributed by atoms with E-state index >= 15 is 0 Å². The summed E-state index contributed by atoms with van der Waals surface area (Å²) in [7, 11) is 2.90. The third-order valence-electron chi connectivity index (χ3n) is 4.73. The number of rotatable bonds is 4. The number of nitrogens with zero attached hydrogens (tertiary/aromatic N) is 2. The van der Waals surface area contributed by atoms with E-state index in [4.69, 9.17) is 4.74 Å². The Hall–Kier alpha value is -3.55. The lowest BCUT2D eigenvalue weighted by atomic mass is 10.2. The standard InChI is InChI=1S/C21H23N3O5/c1-28-18-9-4-3-8-17(18)23-10-12-24(13-11-23)20(26)19(25)22-16-7-5-6-15(14-16)21(27)29-2/h3-9,14H,10-13H2,1-2H3,(H,22,25). The number of methoxy groups -OCH3 is 2. The Labute approximate surface area is 169 Å². The summed E-state index contributed by atoms with van der Waals surface area (Å²) >= 11 is 0. The molecule has 152 valence electrons. The maximum absolute atomic E-state index is 12.5. The van der Waals surface area contributed by atoms with Crippen LogP contribution in [0.2, 0.25) is 0 Å². The summed E-state index contributed by atoms with van der Waals surface area (Å²) in [5, 5.41) is 2.55. The predicted molar refractivity (Wildman–Crippen MR) is 108 cm³/mol. The Kier molecular flexibility index (Phi) is 6.33. The highest BCUT2D eigenvalue weighted by Gasteiger charge is 2.27. The van der Waals surface area contributed by atoms with Gasteiger partial charge >= 0.3 is 17.8 Å². The number of anilines is 2. The number of amides is 2. The van der Waals surface area contributed by atoms with Gasteiger partial charge in [-0.25, -0.2) is 4.79 Å². The number of hydrogen-bond donors (Lipinski definition) is 1. The molecule has 0 aromatic heterocycles. The molecule has 2 aromatic rings. The Morgan fingerprint density at radius 1 is 0.931 bits per heavy atom. The monoisotopic (exact) mass is 397 g/mol. The van der Waals surface area contributed by atoms with Gasteiger partial charge in [-0.15, -0.1) is 0 Å². The van der Waals surface area contributed by atoms with Crippen molar-refractivity contribution in [1.29, 1.82) is 0 Å². The highest BCUT2D eigenvalue weighted by Crippen LogP contribution is 2.28. The van der Waals surface area contributed by atoms with Gasteiger partial charge in [0.25, 0.3) is 0 Å². The minimum atomic E-state index is -0.738. The minimum Gasteiger partial charge on any atom is -0.495 e. The van der Waals surface area contributed by atoms with E-state index in [1.54, 1.807) is 25.3 Å². The molecule has 0 spiro atoms. The van der Waals surface area contributed by atoms with Crippen LogP contribution in [-0.4, -0.2) is 63.1 Å². The Balaban J connectivity index is 1.59. The van der Waals surface area contributed by atoms with Crippen molar-refractivity contribution in [3.8, 4) is 5.75 Å². The van der Waals surface area contributed by atoms with E-state index in [1.807, 2.05) is 24.3 Å². The normalized spacial score (nSPS) is 13.6. The van der Waals surface area contributed by atoms with Crippen molar-refractivity contribution in [3.63, 3.8) is 0 Å². The molecule has 29 heavy (non-hydrogen) atoms. The second kappa shape index (κ2) is 9.09. The van der Waals surface area contributed by atoms with Crippen LogP contribution in [0.3, 0.4) is 0 Å². The molecule has 0 unspecified atom stereocenters. The van der Waals surface area contributed by atoms with E-state index in [-0.39, 0.29) is 0 Å². The predicted octanol–water partition coefficient (Wildman–Crippen LogP) is 1.77. The van der Waals surface area contributed by atoms with E-state index in [0.717, 1.165) is 11.4 Å². The first kappa shape index (κ1) is 20.2. The molecule has 3 rings (SSSR count). The zero-order valence-electron chi connectivity index (χ0n) is 16.4. The van der Waals surface area contributed by atoms with Gasteiger partial charge in [0.05, 0.1) is 25.5 Å². The molecular weight excluding hydrogens is 374 g/mol. The van der Waals surface area contributed by atoms with E-state index < -0.39 is 17.8 Å². The van der Waals surface area contributed by atoms with Gasteiger partial charge in [-0.2, -0.15) is 0 Å². The Bertz CT molecular complexity index is 907. The quantitative estimate of drug-likeness (QED) is 0.625. The lowest BCUT2D eigenvalue weighted by Crippen LogP contribution is -2.51. The van der Waals surface area contributed by atoms with Crippen molar-refractivity contribution < 1.29 is 23.9 Å². The van der Waals surface area contributed by atoms with Gasteiger partial charge in [-0.1, -0.05) is 18.2 Å². The van der Waals surface area contributed by atoms with Gasteiger partial charge < -0.3 is 24.6 Å². The molecule has 0 bridgehead atoms. The van der Waals surface area contributed by atoms with Crippen LogP contribution in [0.5, 0.6) is 5.75 Å². The molecular formula is C21H23N3O5. The zero-order chi connectivity index (χ0) is 20.8. The van der Waals surface area contributed by atoms with Crippen molar-refractivity contribution >= 4 is 29.2 Å². The lowest BCUT2D eigenvalue weighted by Gasteiger charge is -2.36. The molecule has 2 amide bonds. The topological polar surface area (TPSA) is 88.2 Å². The first-order chi connectivity index (χ1) is 14.0. The van der Waals surface area contributed by atoms with E-state index in [9.17, 15) is 14.4 Å². The summed E-state index contributed by atoms with van der Waals surface area (Å²) in [5.41, 5.74) is 1.62. The molecule has 8 heteroatoms. The number of carbonyl (C=O) groups excluding carboxylic acids is 3. The molecule has 0 saturated carbocycles. The van der Waals surface area contributed by atoms with Crippen molar-refractivity contribution in [3.05, 3.63) is 54.1 Å². The van der Waals surface area contributed by atoms with Crippen LogP contribution in [0.4, 0.5) is 11.4 Å². The molecule has 1 aliphatic rings. The fourth-order valence-corrected chi connectivity index (χ4v) is 3.21. The highest BCUT2D eigenvalue weighted by atomic mass is 16.5. The number of piperazine rings is 1. The van der Waals surface area contributed by atoms with Crippen LogP contribution in [0.15, 0.2) is 48.5 Å². The first-order valence-electron chi connectivity index (χ1n) is 9.20. The third-order valence-corrected chi connectivity index (χ3v) is 4.73. The molecule has 1 heterocycles. The number of ether oxygens (including phenoxy) is 2. The van der Waals surface area contributed by atoms with Crippen molar-refractivity contribution in [2.45, 2.75) is 0 Å². The van der Waals surface area contributed by atoms with Crippen LogP contribution < -0.4 is 15.0 Å². The maximum Gasteiger partial charge on any atom is 0.337 e. The minimum absolute atomic E-state index is 0.295. The van der Waals surface area contributed by atoms with Gasteiger partial charge in [0.1, 0.15) is 5.75 Å². The average molecular weight is 397 g/mol. The molecule has 1 fully saturated rings. The van der Waals surface area contributed by atoms with E-state index in [1.165, 1.54) is 18.1 Å². The zero-order valence-corrected chi connectivity index (χ0v) is 16.4. The summed E-state index contributed by atoms with van der Waals surface area (Å²) < 4.78 is 10.1. The molecule has 0 aliphatic carbocycles. The van der Waals surface area contributed by atoms with Gasteiger partial charge in [-0.3, -0.25) is 9.59 Å². The van der Waals surface area contributed by atoms with Crippen molar-refractivity contribution in [2.24, 2.45) is 0 Å². The second-order valence-electron chi connectivity index (χ2n) is 6.48. The van der Waals surface area contributed by atoms with E-state index in [0.29, 0.717) is 37.4 Å². The van der Waals surface area contributed by atoms with Crippen LogP contribution in [0.1, 0.15) is 10.4 Å². The second-order valence-corrected chi connectivity index (χ2v) is 6.48. The number of benzene rings is 2. The summed E-state index contributed by atoms with van der Waals surface area (Å²) in [4.78, 5) is 40.1. The molecule has 2 aromatic carbocycles. The van der Waals surface area contributed by atoms with E-state index in [2.05, 4.69) is 15.0 Å². The number of para-hydroxylation sites is 2. The molecule has 0 radical (unpaired) electrons. The Morgan fingerprint density at radius 3 is 2.34 bits per heavy atom. The molecule has 0 atom stereocenters. The maximum atomic E-state index is 12.5. The molecule has 1 aliphatic heterocycles. The average Bonchev–Trinajstić information content (AvgIpc) is 2.78. The fourth-order valence-electron chi connectivity index (χ4n) is 3.21. The van der Waals surface area contributed by atoms with Crippen molar-refractivity contribution in [1.82, 2.24) is 4.90 Å². The largest absolute Gasteiger partial charge is 0.495 e. The van der Waals surface area contributed by atoms with Gasteiger partial charge in [-0.05, 0) is 30.3 Å². The van der Waals surface area contributed by atoms with Crippen LogP contribution in [0.25, 0.3) is 0 Å². The third kappa shape index (κ3) is 4.66. The molecule has 1 N–H and O–H groups in total. The number of nitrogens with one attached hydrogen (secondary N) is 1. The summed E-state index contributed by atoms with van der Waals surface area (Å²) in [6, 6.07) is 14.0. The van der Waals surface area contributed by atoms with Crippen LogP contribution >= 0.6 is 0 Å². The highest BCUT2D eigenvalue weighted by molar-refractivity contribution is 6.39. The van der Waals surface area contributed by atoms with Crippen molar-refractivity contribution in [2.75, 3.05) is 50.6 Å². The number of esters is 1. The summed E-state index contributed by atoms with van der Waals surface area (Å²) in [6.45, 7) is 2.04. The lowest BCUT2D eigenvalue weighted by molar-refractivity contribution is -0.143. The smallest absolute Gasteiger partial charge is 0.337 e. The summed E-state index contributed by atoms with van der Waals surface area (Å²) in [5.74, 6) is -1.08. The van der Waals surface area contributed by atoms with Crippen LogP contribution in [0, 0.1) is 0 Å². The molecule has 1 saturated heterocycles. The Morgan fingerprint density at radius 2 is 1.66 bits per heavy atom. The van der Waals surface area contributed by atoms with Gasteiger partial charge in [0.2, 0.25) is 0 Å². The summed E-state index contributed by atoms with van der Waals surface area (Å²) in [6.07, 6.45) is 0. The van der Waals surface area contributed by atoms with Gasteiger partial charge in [0, 0.05) is 31.9 Å². The van der Waals surface area contributed by atoms with Gasteiger partial charge in [0.15, 0.2) is 0 Å². The molecule has 8 nitrogen and oxygen atoms in total. The van der Waals surface area contributed by atoms with Crippen LogP contribution in [-0.2, 0) is 14.3 Å².